The van der Waals surface area contributed by atoms with E-state index in [9.17, 15) is 14.7 Å². The summed E-state index contributed by atoms with van der Waals surface area (Å²) >= 11 is 1.56. The molecule has 0 aromatic heterocycles. The molecule has 1 amide bonds. The predicted molar refractivity (Wildman–Crippen MR) is 91.9 cm³/mol. The third kappa shape index (κ3) is 2.50. The number of hydrogen-bond acceptors (Lipinski definition) is 4. The molecule has 2 atom stereocenters. The number of carboxylic acids is 1. The molecule has 0 saturated carbocycles. The van der Waals surface area contributed by atoms with Crippen molar-refractivity contribution in [2.75, 3.05) is 31.9 Å². The second kappa shape index (κ2) is 5.89. The summed E-state index contributed by atoms with van der Waals surface area (Å²) in [6.45, 7) is 4.70. The van der Waals surface area contributed by atoms with Gasteiger partial charge in [0.25, 0.3) is 0 Å². The van der Waals surface area contributed by atoms with Crippen molar-refractivity contribution >= 4 is 23.6 Å². The van der Waals surface area contributed by atoms with E-state index in [1.807, 2.05) is 6.08 Å². The van der Waals surface area contributed by atoms with Crippen LogP contribution < -0.4 is 5.73 Å². The second-order valence-electron chi connectivity index (χ2n) is 7.44. The molecule has 0 aromatic rings. The number of thioether (sulfide) groups is 1. The van der Waals surface area contributed by atoms with Gasteiger partial charge in [0.2, 0.25) is 5.91 Å². The zero-order valence-corrected chi connectivity index (χ0v) is 14.5. The summed E-state index contributed by atoms with van der Waals surface area (Å²) in [4.78, 5) is 25.0. The maximum atomic E-state index is 11.9. The molecule has 0 aromatic carbocycles. The molecule has 2 bridgehead atoms. The maximum absolute atomic E-state index is 11.9. The van der Waals surface area contributed by atoms with E-state index in [1.165, 1.54) is 43.8 Å². The molecule has 24 heavy (non-hydrogen) atoms. The molecular formula is C17H24N3O3S+. The highest BCUT2D eigenvalue weighted by molar-refractivity contribution is 8.00. The van der Waals surface area contributed by atoms with Gasteiger partial charge in [-0.05, 0) is 36.8 Å². The van der Waals surface area contributed by atoms with Crippen molar-refractivity contribution in [1.82, 2.24) is 4.90 Å². The first-order chi connectivity index (χ1) is 11.5. The number of nitrogens with two attached hydrogens (primary N) is 1. The smallest absolute Gasteiger partial charge is 0.352 e. The lowest BCUT2D eigenvalue weighted by Crippen LogP contribution is -2.68. The van der Waals surface area contributed by atoms with Gasteiger partial charge < -0.3 is 15.3 Å². The van der Waals surface area contributed by atoms with Crippen molar-refractivity contribution in [3.8, 4) is 0 Å². The van der Waals surface area contributed by atoms with Crippen molar-refractivity contribution in [3.05, 3.63) is 23.4 Å². The molecule has 3 N–H and O–H groups in total. The van der Waals surface area contributed by atoms with Crippen LogP contribution in [-0.4, -0.2) is 69.7 Å². The highest BCUT2D eigenvalue weighted by atomic mass is 32.2. The minimum absolute atomic E-state index is 0.124. The largest absolute Gasteiger partial charge is 0.477 e. The summed E-state index contributed by atoms with van der Waals surface area (Å²) in [7, 11) is 0. The van der Waals surface area contributed by atoms with E-state index in [4.69, 9.17) is 5.73 Å². The van der Waals surface area contributed by atoms with Crippen molar-refractivity contribution in [3.63, 3.8) is 0 Å². The van der Waals surface area contributed by atoms with E-state index in [1.54, 1.807) is 11.8 Å². The molecule has 5 aliphatic heterocycles. The number of rotatable bonds is 4. The number of fused-ring (bicyclic) bond motifs is 4. The highest BCUT2D eigenvalue weighted by Gasteiger charge is 2.51. The zero-order valence-electron chi connectivity index (χ0n) is 13.7. The molecule has 130 valence electrons. The number of amides is 1. The Labute approximate surface area is 145 Å². The number of carbonyl (C=O) groups excluding carboxylic acids is 1. The van der Waals surface area contributed by atoms with Crippen LogP contribution in [0.3, 0.4) is 0 Å². The third-order valence-electron chi connectivity index (χ3n) is 6.09. The SMILES string of the molecule is N[C@@H]1C(=O)N2C(C(=O)O)=C(C=CC[N+]34CCC(CC3)CC4)CS[C@H]12. The van der Waals surface area contributed by atoms with Gasteiger partial charge in [-0.3, -0.25) is 9.69 Å². The van der Waals surface area contributed by atoms with Crippen molar-refractivity contribution < 1.29 is 19.2 Å². The van der Waals surface area contributed by atoms with Crippen LogP contribution in [0.1, 0.15) is 19.3 Å². The van der Waals surface area contributed by atoms with Gasteiger partial charge in [0.1, 0.15) is 17.1 Å². The molecule has 5 heterocycles. The van der Waals surface area contributed by atoms with Crippen LogP contribution in [0, 0.1) is 5.92 Å². The maximum Gasteiger partial charge on any atom is 0.352 e. The van der Waals surface area contributed by atoms with Gasteiger partial charge in [-0.15, -0.1) is 11.8 Å². The molecule has 0 spiro atoms. The van der Waals surface area contributed by atoms with Crippen LogP contribution in [0.25, 0.3) is 0 Å². The number of carbonyl (C=O) groups is 2. The molecule has 7 heteroatoms. The number of nitrogens with zero attached hydrogens (tertiary/aromatic N) is 2. The fourth-order valence-electron chi connectivity index (χ4n) is 4.50. The van der Waals surface area contributed by atoms with Crippen LogP contribution in [0.5, 0.6) is 0 Å². The minimum atomic E-state index is -1.04. The van der Waals surface area contributed by atoms with Gasteiger partial charge >= 0.3 is 5.97 Å². The first-order valence-corrected chi connectivity index (χ1v) is 9.74. The van der Waals surface area contributed by atoms with Crippen LogP contribution in [0.4, 0.5) is 0 Å². The normalized spacial score (nSPS) is 38.5. The Morgan fingerprint density at radius 2 is 2.00 bits per heavy atom. The number of carboxylic acid groups (broad SMARTS) is 1. The number of hydrogen-bond donors (Lipinski definition) is 2. The van der Waals surface area contributed by atoms with E-state index in [0.717, 1.165) is 22.5 Å². The molecule has 5 rings (SSSR count). The monoisotopic (exact) mass is 350 g/mol. The summed E-state index contributed by atoms with van der Waals surface area (Å²) < 4.78 is 1.14. The van der Waals surface area contributed by atoms with E-state index >= 15 is 0 Å². The molecule has 6 nitrogen and oxygen atoms in total. The Morgan fingerprint density at radius 1 is 1.33 bits per heavy atom. The predicted octanol–water partition coefficient (Wildman–Crippen LogP) is 0.754. The molecule has 4 saturated heterocycles. The van der Waals surface area contributed by atoms with E-state index < -0.39 is 12.0 Å². The van der Waals surface area contributed by atoms with Crippen LogP contribution in [0.15, 0.2) is 23.4 Å². The Morgan fingerprint density at radius 3 is 2.62 bits per heavy atom. The van der Waals surface area contributed by atoms with E-state index in [2.05, 4.69) is 6.08 Å². The van der Waals surface area contributed by atoms with Gasteiger partial charge in [0.15, 0.2) is 0 Å². The molecular weight excluding hydrogens is 326 g/mol. The summed E-state index contributed by atoms with van der Waals surface area (Å²) in [5, 5.41) is 9.33. The number of β-lactam (4-membered cyclic amide) rings is 1. The first-order valence-electron chi connectivity index (χ1n) is 8.69. The average Bonchev–Trinajstić information content (AvgIpc) is 2.61. The zero-order chi connectivity index (χ0) is 16.9. The van der Waals surface area contributed by atoms with Crippen molar-refractivity contribution in [2.45, 2.75) is 30.7 Å². The molecule has 5 aliphatic rings. The standard InChI is InChI=1S/C17H23N3O3S/c18-13-15(21)19-14(17(22)23)12(10-24-16(13)19)2-1-6-20-7-3-11(4-8-20)5-9-20/h1-2,11,13,16H,3-10,18H2/p+1/t11?,13-,16-,20?/m1/s1. The fourth-order valence-corrected chi connectivity index (χ4v) is 5.76. The number of piperidine rings is 3. The molecule has 4 fully saturated rings. The number of aliphatic carboxylic acids is 1. The summed E-state index contributed by atoms with van der Waals surface area (Å²) in [5.41, 5.74) is 6.63. The lowest BCUT2D eigenvalue weighted by molar-refractivity contribution is -0.937. The van der Waals surface area contributed by atoms with E-state index in [-0.39, 0.29) is 17.0 Å². The minimum Gasteiger partial charge on any atom is -0.477 e. The van der Waals surface area contributed by atoms with Gasteiger partial charge in [0.05, 0.1) is 26.2 Å². The first kappa shape index (κ1) is 16.2. The average molecular weight is 350 g/mol. The Kier molecular flexibility index (Phi) is 3.97. The Balaban J connectivity index is 1.51. The Hall–Kier alpha value is -1.31. The summed E-state index contributed by atoms with van der Waals surface area (Å²) in [6.07, 6.45) is 8.03. The molecule has 0 unspecified atom stereocenters. The third-order valence-corrected chi connectivity index (χ3v) is 7.41. The summed E-state index contributed by atoms with van der Waals surface area (Å²) in [5.74, 6) is 0.215. The van der Waals surface area contributed by atoms with Gasteiger partial charge in [-0.2, -0.15) is 0 Å². The van der Waals surface area contributed by atoms with Crippen LogP contribution in [0.2, 0.25) is 0 Å². The molecule has 0 radical (unpaired) electrons. The second-order valence-corrected chi connectivity index (χ2v) is 8.55. The lowest BCUT2D eigenvalue weighted by Gasteiger charge is -2.49. The van der Waals surface area contributed by atoms with Crippen molar-refractivity contribution in [2.24, 2.45) is 11.7 Å². The quantitative estimate of drug-likeness (QED) is 0.578. The Bertz CT molecular complexity index is 623. The summed E-state index contributed by atoms with van der Waals surface area (Å²) in [6, 6.07) is -0.567. The van der Waals surface area contributed by atoms with Gasteiger partial charge in [-0.25, -0.2) is 4.79 Å². The van der Waals surface area contributed by atoms with Crippen LogP contribution >= 0.6 is 11.8 Å². The topological polar surface area (TPSA) is 83.6 Å². The van der Waals surface area contributed by atoms with Gasteiger partial charge in [-0.1, -0.05) is 6.08 Å². The van der Waals surface area contributed by atoms with Crippen molar-refractivity contribution in [1.29, 1.82) is 0 Å². The van der Waals surface area contributed by atoms with Crippen LogP contribution in [-0.2, 0) is 9.59 Å². The molecule has 0 aliphatic carbocycles. The number of quaternary nitrogens is 1. The lowest BCUT2D eigenvalue weighted by atomic mass is 9.86. The highest BCUT2D eigenvalue weighted by Crippen LogP contribution is 2.40. The fraction of sp³-hybridized carbons (Fsp3) is 0.647. The van der Waals surface area contributed by atoms with Gasteiger partial charge in [0, 0.05) is 5.75 Å². The number of allylic oxidation sites excluding steroid dienone is 1. The van der Waals surface area contributed by atoms with E-state index in [0.29, 0.717) is 5.75 Å².